The fourth-order valence-electron chi connectivity index (χ4n) is 1.80. The lowest BCUT2D eigenvalue weighted by atomic mass is 9.94. The van der Waals surface area contributed by atoms with Gasteiger partial charge < -0.3 is 0 Å². The van der Waals surface area contributed by atoms with E-state index in [4.69, 9.17) is 0 Å². The first kappa shape index (κ1) is 18.1. The van der Waals surface area contributed by atoms with Gasteiger partial charge in [0.25, 0.3) is 5.82 Å². The number of aromatic amines is 1. The fraction of sp³-hybridized carbons (Fsp3) is 0.500. The van der Waals surface area contributed by atoms with Crippen molar-refractivity contribution in [1.29, 1.82) is 0 Å². The second kappa shape index (κ2) is 6.01. The molecule has 3 N–H and O–H groups in total. The van der Waals surface area contributed by atoms with Gasteiger partial charge in [-0.3, -0.25) is 5.32 Å². The first-order chi connectivity index (χ1) is 9.93. The summed E-state index contributed by atoms with van der Waals surface area (Å²) in [5.74, 6) is -0.0353. The minimum Gasteiger partial charge on any atom is -0.296 e. The molecule has 1 aromatic heterocycles. The number of hydrogen-bond acceptors (Lipinski definition) is 1. The van der Waals surface area contributed by atoms with E-state index >= 15 is 0 Å². The maximum Gasteiger partial charge on any atom is 0.420 e. The van der Waals surface area contributed by atoms with Crippen molar-refractivity contribution in [3.63, 3.8) is 0 Å². The van der Waals surface area contributed by atoms with E-state index in [1.807, 2.05) is 5.32 Å². The molecule has 22 heavy (non-hydrogen) atoms. The van der Waals surface area contributed by atoms with Gasteiger partial charge in [0.2, 0.25) is 5.54 Å². The number of anilines is 1. The zero-order valence-corrected chi connectivity index (χ0v) is 11.6. The average molecular weight is 330 g/mol. The monoisotopic (exact) mass is 330 g/mol. The number of amides is 2. The first-order valence-electron chi connectivity index (χ1n) is 6.14. The van der Waals surface area contributed by atoms with Crippen LogP contribution in [0.2, 0.25) is 0 Å². The number of aromatic nitrogens is 1. The normalized spacial score (nSPS) is 12.9. The van der Waals surface area contributed by atoms with Crippen LogP contribution in [-0.2, 0) is 0 Å². The van der Waals surface area contributed by atoms with Crippen molar-refractivity contribution in [1.82, 2.24) is 5.32 Å². The van der Waals surface area contributed by atoms with E-state index in [1.165, 1.54) is 12.1 Å². The van der Waals surface area contributed by atoms with Crippen LogP contribution < -0.4 is 15.6 Å². The largest absolute Gasteiger partial charge is 0.420 e. The van der Waals surface area contributed by atoms with Crippen molar-refractivity contribution in [3.8, 4) is 0 Å². The van der Waals surface area contributed by atoms with E-state index in [9.17, 15) is 31.1 Å². The van der Waals surface area contributed by atoms with Gasteiger partial charge in [-0.25, -0.2) is 9.78 Å². The summed E-state index contributed by atoms with van der Waals surface area (Å²) in [6, 6.07) is 2.76. The third kappa shape index (κ3) is 3.60. The quantitative estimate of drug-likeness (QED) is 0.822. The predicted molar refractivity (Wildman–Crippen MR) is 65.0 cm³/mol. The highest BCUT2D eigenvalue weighted by molar-refractivity contribution is 5.88. The van der Waals surface area contributed by atoms with Crippen LogP contribution in [0.4, 0.5) is 37.0 Å². The molecule has 0 unspecified atom stereocenters. The number of hydrogen-bond donors (Lipinski definition) is 2. The van der Waals surface area contributed by atoms with Gasteiger partial charge >= 0.3 is 18.4 Å². The van der Waals surface area contributed by atoms with Gasteiger partial charge in [0.1, 0.15) is 0 Å². The second-order valence-electron chi connectivity index (χ2n) is 4.58. The molecule has 0 aliphatic carbocycles. The van der Waals surface area contributed by atoms with Crippen molar-refractivity contribution in [2.24, 2.45) is 0 Å². The Bertz CT molecular complexity index is 526. The molecule has 1 rings (SSSR count). The Balaban J connectivity index is 3.03. The molecular formula is C12H14F6N3O+. The number of H-pyrrole nitrogens is 1. The lowest BCUT2D eigenvalue weighted by Crippen LogP contribution is -2.67. The Morgan fingerprint density at radius 1 is 1.14 bits per heavy atom. The lowest BCUT2D eigenvalue weighted by molar-refractivity contribution is -0.370. The van der Waals surface area contributed by atoms with Crippen LogP contribution in [0.15, 0.2) is 18.2 Å². The summed E-state index contributed by atoms with van der Waals surface area (Å²) in [5.41, 5.74) is -3.75. The summed E-state index contributed by atoms with van der Waals surface area (Å²) in [7, 11) is 0. The van der Waals surface area contributed by atoms with Crippen molar-refractivity contribution in [2.75, 3.05) is 5.32 Å². The van der Waals surface area contributed by atoms with Gasteiger partial charge in [0.05, 0.1) is 5.69 Å². The van der Waals surface area contributed by atoms with Crippen LogP contribution >= 0.6 is 0 Å². The standard InChI is InChI=1S/C12H13F6N3O/c1-3-10(11(13,14)15,12(16,17)18)21-9(22)20-8-6-4-5-7(2)19-8/h4-6H,3H2,1-2H3,(H2,19,20,21,22)/p+1. The van der Waals surface area contributed by atoms with E-state index < -0.39 is 30.3 Å². The SMILES string of the molecule is CCC(NC(=O)Nc1cccc(C)[nH+]1)(C(F)(F)F)C(F)(F)F. The van der Waals surface area contributed by atoms with Gasteiger partial charge in [0, 0.05) is 6.07 Å². The molecule has 0 bridgehead atoms. The van der Waals surface area contributed by atoms with E-state index in [2.05, 4.69) is 4.98 Å². The molecular weight excluding hydrogens is 316 g/mol. The maximum atomic E-state index is 12.9. The summed E-state index contributed by atoms with van der Waals surface area (Å²) in [6.45, 7) is 2.30. The number of carbonyl (C=O) groups excluding carboxylic acids is 1. The van der Waals surface area contributed by atoms with Crippen LogP contribution in [0.3, 0.4) is 0 Å². The highest BCUT2D eigenvalue weighted by Crippen LogP contribution is 2.45. The van der Waals surface area contributed by atoms with Crippen LogP contribution in [-0.4, -0.2) is 23.9 Å². The molecule has 0 spiro atoms. The number of urea groups is 1. The number of pyridine rings is 1. The second-order valence-corrected chi connectivity index (χ2v) is 4.58. The van der Waals surface area contributed by atoms with Crippen LogP contribution in [0, 0.1) is 6.92 Å². The molecule has 0 radical (unpaired) electrons. The molecule has 0 saturated carbocycles. The Labute approximate surface area is 121 Å². The molecule has 0 aromatic carbocycles. The van der Waals surface area contributed by atoms with Crippen molar-refractivity contribution < 1.29 is 36.1 Å². The van der Waals surface area contributed by atoms with Gasteiger partial charge in [-0.15, -0.1) is 0 Å². The predicted octanol–water partition coefficient (Wildman–Crippen LogP) is 3.20. The number of halogens is 6. The average Bonchev–Trinajstić information content (AvgIpc) is 2.32. The van der Waals surface area contributed by atoms with Crippen molar-refractivity contribution in [3.05, 3.63) is 23.9 Å². The minimum atomic E-state index is -5.69. The van der Waals surface area contributed by atoms with E-state index in [0.717, 1.165) is 5.32 Å². The van der Waals surface area contributed by atoms with Crippen LogP contribution in [0.1, 0.15) is 19.0 Å². The molecule has 2 amide bonds. The third-order valence-electron chi connectivity index (χ3n) is 3.01. The zero-order chi connectivity index (χ0) is 17.2. The fourth-order valence-corrected chi connectivity index (χ4v) is 1.80. The summed E-state index contributed by atoms with van der Waals surface area (Å²) < 4.78 is 77.2. The van der Waals surface area contributed by atoms with Gasteiger partial charge in [0.15, 0.2) is 0 Å². The lowest BCUT2D eigenvalue weighted by Gasteiger charge is -2.36. The van der Waals surface area contributed by atoms with Crippen LogP contribution in [0.25, 0.3) is 0 Å². The van der Waals surface area contributed by atoms with Crippen LogP contribution in [0.5, 0.6) is 0 Å². The van der Waals surface area contributed by atoms with E-state index in [-0.39, 0.29) is 5.82 Å². The molecule has 0 atom stereocenters. The Hall–Kier alpha value is -2.00. The number of rotatable bonds is 3. The van der Waals surface area contributed by atoms with E-state index in [0.29, 0.717) is 12.6 Å². The third-order valence-corrected chi connectivity index (χ3v) is 3.01. The topological polar surface area (TPSA) is 55.3 Å². The Morgan fingerprint density at radius 2 is 1.68 bits per heavy atom. The summed E-state index contributed by atoms with van der Waals surface area (Å²) >= 11 is 0. The molecule has 4 nitrogen and oxygen atoms in total. The first-order valence-corrected chi connectivity index (χ1v) is 6.14. The van der Waals surface area contributed by atoms with Gasteiger partial charge in [-0.1, -0.05) is 13.0 Å². The highest BCUT2D eigenvalue weighted by Gasteiger charge is 2.71. The highest BCUT2D eigenvalue weighted by atomic mass is 19.4. The molecule has 0 aliphatic rings. The number of nitrogens with one attached hydrogen (secondary N) is 3. The smallest absolute Gasteiger partial charge is 0.296 e. The van der Waals surface area contributed by atoms with Gasteiger partial charge in [-0.05, 0) is 19.4 Å². The number of aryl methyl sites for hydroxylation is 1. The summed E-state index contributed by atoms with van der Waals surface area (Å²) in [5, 5.41) is 2.92. The number of carbonyl (C=O) groups is 1. The van der Waals surface area contributed by atoms with Gasteiger partial charge in [-0.2, -0.15) is 31.7 Å². The van der Waals surface area contributed by atoms with E-state index in [1.54, 1.807) is 13.0 Å². The number of alkyl halides is 6. The molecule has 124 valence electrons. The molecule has 0 aliphatic heterocycles. The summed E-state index contributed by atoms with van der Waals surface area (Å²) in [4.78, 5) is 14.1. The molecule has 0 saturated heterocycles. The molecule has 1 aromatic rings. The minimum absolute atomic E-state index is 0.0353. The van der Waals surface area contributed by atoms with Crippen molar-refractivity contribution in [2.45, 2.75) is 38.2 Å². The van der Waals surface area contributed by atoms with Crippen molar-refractivity contribution >= 4 is 11.8 Å². The molecule has 0 fully saturated rings. The molecule has 10 heteroatoms. The molecule has 1 heterocycles. The Kier molecular flexibility index (Phi) is 4.93. The maximum absolute atomic E-state index is 12.9. The zero-order valence-electron chi connectivity index (χ0n) is 11.6. The summed E-state index contributed by atoms with van der Waals surface area (Å²) in [6.07, 6.45) is -12.8. The Morgan fingerprint density at radius 3 is 2.09 bits per heavy atom.